The number of carbonyl (C=O) groups excluding carboxylic acids is 2. The van der Waals surface area contributed by atoms with E-state index in [-0.39, 0.29) is 37.1 Å². The van der Waals surface area contributed by atoms with Crippen molar-refractivity contribution in [2.24, 2.45) is 0 Å². The molecular formula is C14H30N2O2. The Morgan fingerprint density at radius 1 is 0.778 bits per heavy atom. The van der Waals surface area contributed by atoms with E-state index in [9.17, 15) is 0 Å². The van der Waals surface area contributed by atoms with Gasteiger partial charge in [-0.05, 0) is 6.92 Å². The van der Waals surface area contributed by atoms with Crippen LogP contribution >= 0.6 is 0 Å². The number of hydrogen-bond donors (Lipinski definition) is 2. The second-order valence-electron chi connectivity index (χ2n) is 1.86. The number of isocyanates is 2. The lowest BCUT2D eigenvalue weighted by molar-refractivity contribution is 0.562. The summed E-state index contributed by atoms with van der Waals surface area (Å²) in [5.74, 6) is 0. The Balaban J connectivity index is -0.0000000199. The van der Waals surface area contributed by atoms with Gasteiger partial charge in [-0.25, -0.2) is 20.4 Å². The molecule has 0 aromatic heterocycles. The monoisotopic (exact) mass is 258 g/mol. The highest BCUT2D eigenvalue weighted by molar-refractivity contribution is 5.26. The van der Waals surface area contributed by atoms with Crippen LogP contribution in [0.1, 0.15) is 42.7 Å². The van der Waals surface area contributed by atoms with Crippen LogP contribution in [0.4, 0.5) is 0 Å². The maximum Gasteiger partial charge on any atom is 0.231 e. The van der Waals surface area contributed by atoms with Gasteiger partial charge in [0.1, 0.15) is 0 Å². The molecule has 0 heterocycles. The highest BCUT2D eigenvalue weighted by Crippen LogP contribution is 1.92. The molecule has 4 heteroatoms. The Kier molecular flexibility index (Phi) is 114. The fourth-order valence-corrected chi connectivity index (χ4v) is 0.534. The van der Waals surface area contributed by atoms with Gasteiger partial charge in [0, 0.05) is 0 Å². The van der Waals surface area contributed by atoms with Crippen LogP contribution < -0.4 is 0 Å². The van der Waals surface area contributed by atoms with E-state index < -0.39 is 0 Å². The molecule has 1 aromatic rings. The largest absolute Gasteiger partial charge is 0.231 e. The van der Waals surface area contributed by atoms with Crippen molar-refractivity contribution in [1.82, 2.24) is 0 Å². The SMILES string of the molecule is C.C.C.C.C.Cc1ccccc1.N=C=O.N=C=O. The van der Waals surface area contributed by atoms with E-state index in [1.807, 2.05) is 18.2 Å². The molecule has 0 aliphatic heterocycles. The fraction of sp³-hybridized carbons (Fsp3) is 0.429. The average molecular weight is 258 g/mol. The van der Waals surface area contributed by atoms with Crippen LogP contribution in [0, 0.1) is 17.7 Å². The molecule has 4 nitrogen and oxygen atoms in total. The zero-order chi connectivity index (χ0) is 10.5. The van der Waals surface area contributed by atoms with E-state index in [0.29, 0.717) is 0 Å². The Hall–Kier alpha value is -2.02. The molecule has 0 bridgehead atoms. The zero-order valence-corrected chi connectivity index (χ0v) is 7.20. The van der Waals surface area contributed by atoms with Gasteiger partial charge in [-0.1, -0.05) is 73.0 Å². The molecule has 0 unspecified atom stereocenters. The molecule has 18 heavy (non-hydrogen) atoms. The van der Waals surface area contributed by atoms with Crippen molar-refractivity contribution in [2.45, 2.75) is 44.1 Å². The summed E-state index contributed by atoms with van der Waals surface area (Å²) in [6.45, 7) is 2.08. The molecule has 0 saturated heterocycles. The number of rotatable bonds is 0. The van der Waals surface area contributed by atoms with Crippen LogP contribution in [0.3, 0.4) is 0 Å². The van der Waals surface area contributed by atoms with Gasteiger partial charge in [-0.2, -0.15) is 0 Å². The number of benzene rings is 1. The van der Waals surface area contributed by atoms with Crippen LogP contribution in [0.2, 0.25) is 0 Å². The molecule has 0 aliphatic carbocycles. The van der Waals surface area contributed by atoms with Crippen LogP contribution in [0.25, 0.3) is 0 Å². The van der Waals surface area contributed by atoms with Crippen LogP contribution in [0.5, 0.6) is 0 Å². The molecule has 0 spiro atoms. The predicted octanol–water partition coefficient (Wildman–Crippen LogP) is 4.98. The highest BCUT2D eigenvalue weighted by Gasteiger charge is 1.72. The number of aryl methyl sites for hydroxylation is 1. The summed E-state index contributed by atoms with van der Waals surface area (Å²) in [6, 6.07) is 10.3. The topological polar surface area (TPSA) is 81.8 Å². The van der Waals surface area contributed by atoms with E-state index in [1.54, 1.807) is 0 Å². The predicted molar refractivity (Wildman–Crippen MR) is 81.7 cm³/mol. The molecule has 0 amide bonds. The second-order valence-corrected chi connectivity index (χ2v) is 1.86. The minimum Gasteiger partial charge on any atom is -0.222 e. The molecule has 0 atom stereocenters. The van der Waals surface area contributed by atoms with Crippen molar-refractivity contribution >= 4 is 12.2 Å². The molecule has 0 aliphatic rings. The molecule has 1 aromatic carbocycles. The maximum absolute atomic E-state index is 8.35. The molecule has 0 radical (unpaired) electrons. The quantitative estimate of drug-likeness (QED) is 0.508. The third-order valence-electron chi connectivity index (χ3n) is 0.940. The van der Waals surface area contributed by atoms with Crippen LogP contribution in [-0.4, -0.2) is 12.2 Å². The van der Waals surface area contributed by atoms with Crippen molar-refractivity contribution in [3.05, 3.63) is 35.9 Å². The lowest BCUT2D eigenvalue weighted by Gasteiger charge is -1.82. The maximum atomic E-state index is 8.35. The lowest BCUT2D eigenvalue weighted by Crippen LogP contribution is -1.62. The van der Waals surface area contributed by atoms with Gasteiger partial charge >= 0.3 is 0 Å². The molecule has 108 valence electrons. The molecule has 2 N–H and O–H groups in total. The van der Waals surface area contributed by atoms with E-state index in [2.05, 4.69) is 19.1 Å². The third kappa shape index (κ3) is 65.9. The zero-order valence-electron chi connectivity index (χ0n) is 7.20. The summed E-state index contributed by atoms with van der Waals surface area (Å²) in [7, 11) is 0. The molecule has 1 rings (SSSR count). The summed E-state index contributed by atoms with van der Waals surface area (Å²) >= 11 is 0. The minimum atomic E-state index is 0. The van der Waals surface area contributed by atoms with Crippen molar-refractivity contribution < 1.29 is 9.59 Å². The molecule has 0 saturated carbocycles. The Labute approximate surface area is 113 Å². The van der Waals surface area contributed by atoms with Gasteiger partial charge in [0.05, 0.1) is 0 Å². The molecule has 0 fully saturated rings. The van der Waals surface area contributed by atoms with E-state index in [4.69, 9.17) is 20.4 Å². The van der Waals surface area contributed by atoms with Crippen molar-refractivity contribution in [3.63, 3.8) is 0 Å². The average Bonchev–Trinajstić information content (AvgIpc) is 2.08. The smallest absolute Gasteiger partial charge is 0.222 e. The van der Waals surface area contributed by atoms with Gasteiger partial charge < -0.3 is 0 Å². The fourth-order valence-electron chi connectivity index (χ4n) is 0.534. The lowest BCUT2D eigenvalue weighted by atomic mass is 10.2. The normalized spacial score (nSPS) is 4.28. The van der Waals surface area contributed by atoms with Crippen LogP contribution in [-0.2, 0) is 9.59 Å². The van der Waals surface area contributed by atoms with Gasteiger partial charge in [-0.3, -0.25) is 0 Å². The first-order valence-electron chi connectivity index (χ1n) is 3.32. The number of hydrogen-bond acceptors (Lipinski definition) is 4. The van der Waals surface area contributed by atoms with Gasteiger partial charge in [0.2, 0.25) is 12.2 Å². The van der Waals surface area contributed by atoms with Crippen LogP contribution in [0.15, 0.2) is 30.3 Å². The van der Waals surface area contributed by atoms with Gasteiger partial charge in [-0.15, -0.1) is 0 Å². The summed E-state index contributed by atoms with van der Waals surface area (Å²) in [4.78, 5) is 16.7. The second kappa shape index (κ2) is 46.0. The van der Waals surface area contributed by atoms with E-state index in [1.165, 1.54) is 5.56 Å². The first-order chi connectivity index (χ1) is 6.22. The standard InChI is InChI=1S/C7H8.2CHNO.5CH4/c1-7-5-3-2-4-6-7;2*2-1-3;;;;;/h2-6H,1H3;2*2H;5*1H4. The summed E-state index contributed by atoms with van der Waals surface area (Å²) in [5, 5.41) is 10.8. The molecular weight excluding hydrogens is 228 g/mol. The van der Waals surface area contributed by atoms with E-state index in [0.717, 1.165) is 12.2 Å². The van der Waals surface area contributed by atoms with Crippen molar-refractivity contribution in [2.75, 3.05) is 0 Å². The van der Waals surface area contributed by atoms with Gasteiger partial charge in [0.15, 0.2) is 0 Å². The summed E-state index contributed by atoms with van der Waals surface area (Å²) in [6.07, 6.45) is 1.50. The van der Waals surface area contributed by atoms with E-state index >= 15 is 0 Å². The Morgan fingerprint density at radius 3 is 1.11 bits per heavy atom. The number of nitrogens with one attached hydrogen (secondary N) is 2. The minimum absolute atomic E-state index is 0. The third-order valence-corrected chi connectivity index (χ3v) is 0.940. The Bertz CT molecular complexity index is 261. The highest BCUT2D eigenvalue weighted by atomic mass is 16.1. The Morgan fingerprint density at radius 2 is 1.00 bits per heavy atom. The van der Waals surface area contributed by atoms with Gasteiger partial charge in [0.25, 0.3) is 0 Å². The first kappa shape index (κ1) is 44.5. The summed E-state index contributed by atoms with van der Waals surface area (Å²) in [5.41, 5.74) is 1.32. The summed E-state index contributed by atoms with van der Waals surface area (Å²) < 4.78 is 0. The first-order valence-corrected chi connectivity index (χ1v) is 3.32. The van der Waals surface area contributed by atoms with Crippen molar-refractivity contribution in [3.8, 4) is 0 Å². The van der Waals surface area contributed by atoms with Crippen molar-refractivity contribution in [1.29, 1.82) is 10.8 Å².